The van der Waals surface area contributed by atoms with Gasteiger partial charge in [0.15, 0.2) is 0 Å². The van der Waals surface area contributed by atoms with Gasteiger partial charge in [0.1, 0.15) is 5.82 Å². The molecule has 110 valence electrons. The van der Waals surface area contributed by atoms with Gasteiger partial charge in [-0.3, -0.25) is 4.79 Å². The van der Waals surface area contributed by atoms with Crippen LogP contribution in [0.5, 0.6) is 0 Å². The standard InChI is InChI=1S/C14H21N3O3/c1-20-8-6-15-14(19)11-4-5-13(16-9-11)17-7-2-3-12(18)10-17/h4-5,9,12,18H,2-3,6-8,10H2,1H3,(H,15,19)/t12-/m1/s1. The van der Waals surface area contributed by atoms with Crippen molar-refractivity contribution in [2.24, 2.45) is 0 Å². The lowest BCUT2D eigenvalue weighted by Gasteiger charge is -2.30. The first-order valence-electron chi connectivity index (χ1n) is 6.87. The number of amides is 1. The van der Waals surface area contributed by atoms with Crippen LogP contribution in [0, 0.1) is 0 Å². The van der Waals surface area contributed by atoms with E-state index in [-0.39, 0.29) is 12.0 Å². The second-order valence-electron chi connectivity index (χ2n) is 4.90. The molecule has 0 spiro atoms. The maximum absolute atomic E-state index is 11.8. The fraction of sp³-hybridized carbons (Fsp3) is 0.571. The second-order valence-corrected chi connectivity index (χ2v) is 4.90. The zero-order valence-corrected chi connectivity index (χ0v) is 11.7. The molecule has 1 aliphatic heterocycles. The lowest BCUT2D eigenvalue weighted by molar-refractivity contribution is 0.0936. The largest absolute Gasteiger partial charge is 0.391 e. The molecule has 0 saturated carbocycles. The van der Waals surface area contributed by atoms with E-state index >= 15 is 0 Å². The predicted molar refractivity (Wildman–Crippen MR) is 75.9 cm³/mol. The molecule has 1 atom stereocenters. The number of nitrogens with zero attached hydrogens (tertiary/aromatic N) is 2. The molecule has 1 saturated heterocycles. The number of anilines is 1. The second kappa shape index (κ2) is 7.21. The van der Waals surface area contributed by atoms with Gasteiger partial charge in [-0.1, -0.05) is 0 Å². The maximum Gasteiger partial charge on any atom is 0.252 e. The van der Waals surface area contributed by atoms with E-state index in [2.05, 4.69) is 10.3 Å². The van der Waals surface area contributed by atoms with Gasteiger partial charge in [-0.25, -0.2) is 4.98 Å². The Morgan fingerprint density at radius 1 is 1.60 bits per heavy atom. The van der Waals surface area contributed by atoms with Crippen LogP contribution in [-0.2, 0) is 4.74 Å². The van der Waals surface area contributed by atoms with E-state index in [9.17, 15) is 9.90 Å². The van der Waals surface area contributed by atoms with Gasteiger partial charge in [0.05, 0.1) is 18.3 Å². The Hall–Kier alpha value is -1.66. The number of aliphatic hydroxyl groups is 1. The zero-order chi connectivity index (χ0) is 14.4. The van der Waals surface area contributed by atoms with Crippen LogP contribution >= 0.6 is 0 Å². The molecule has 0 bridgehead atoms. The summed E-state index contributed by atoms with van der Waals surface area (Å²) in [6.07, 6.45) is 3.08. The van der Waals surface area contributed by atoms with E-state index in [1.165, 1.54) is 0 Å². The van der Waals surface area contributed by atoms with E-state index in [1.807, 2.05) is 11.0 Å². The minimum atomic E-state index is -0.289. The summed E-state index contributed by atoms with van der Waals surface area (Å²) < 4.78 is 4.88. The topological polar surface area (TPSA) is 74.7 Å². The average Bonchev–Trinajstić information content (AvgIpc) is 2.47. The number of pyridine rings is 1. The Kier molecular flexibility index (Phi) is 5.31. The Morgan fingerprint density at radius 2 is 2.45 bits per heavy atom. The molecular formula is C14H21N3O3. The van der Waals surface area contributed by atoms with Gasteiger partial charge in [-0.15, -0.1) is 0 Å². The molecule has 0 unspecified atom stereocenters. The van der Waals surface area contributed by atoms with Gasteiger partial charge in [-0.05, 0) is 25.0 Å². The van der Waals surface area contributed by atoms with Crippen molar-refractivity contribution in [3.63, 3.8) is 0 Å². The van der Waals surface area contributed by atoms with Crippen molar-refractivity contribution < 1.29 is 14.6 Å². The zero-order valence-electron chi connectivity index (χ0n) is 11.7. The van der Waals surface area contributed by atoms with Crippen LogP contribution in [-0.4, -0.2) is 55.5 Å². The Bertz CT molecular complexity index is 436. The molecule has 1 aliphatic rings. The number of aromatic nitrogens is 1. The first kappa shape index (κ1) is 14.7. The molecule has 6 nitrogen and oxygen atoms in total. The van der Waals surface area contributed by atoms with E-state index in [0.717, 1.165) is 25.2 Å². The third-order valence-corrected chi connectivity index (χ3v) is 3.32. The fourth-order valence-electron chi connectivity index (χ4n) is 2.24. The molecule has 2 rings (SSSR count). The summed E-state index contributed by atoms with van der Waals surface area (Å²) in [4.78, 5) is 18.2. The smallest absolute Gasteiger partial charge is 0.252 e. The summed E-state index contributed by atoms with van der Waals surface area (Å²) in [5.41, 5.74) is 0.530. The van der Waals surface area contributed by atoms with Crippen molar-refractivity contribution in [1.29, 1.82) is 0 Å². The summed E-state index contributed by atoms with van der Waals surface area (Å²) in [6, 6.07) is 3.58. The number of nitrogens with one attached hydrogen (secondary N) is 1. The van der Waals surface area contributed by atoms with Crippen LogP contribution in [0.1, 0.15) is 23.2 Å². The van der Waals surface area contributed by atoms with Gasteiger partial charge < -0.3 is 20.1 Å². The highest BCUT2D eigenvalue weighted by Crippen LogP contribution is 2.17. The highest BCUT2D eigenvalue weighted by atomic mass is 16.5. The fourth-order valence-corrected chi connectivity index (χ4v) is 2.24. The highest BCUT2D eigenvalue weighted by molar-refractivity contribution is 5.94. The Morgan fingerprint density at radius 3 is 3.10 bits per heavy atom. The normalized spacial score (nSPS) is 18.9. The number of hydrogen-bond acceptors (Lipinski definition) is 5. The van der Waals surface area contributed by atoms with Crippen molar-refractivity contribution >= 4 is 11.7 Å². The van der Waals surface area contributed by atoms with Crippen molar-refractivity contribution in [2.45, 2.75) is 18.9 Å². The Balaban J connectivity index is 1.93. The number of rotatable bonds is 5. The lowest BCUT2D eigenvalue weighted by atomic mass is 10.1. The number of ether oxygens (including phenoxy) is 1. The van der Waals surface area contributed by atoms with Crippen LogP contribution in [0.4, 0.5) is 5.82 Å². The summed E-state index contributed by atoms with van der Waals surface area (Å²) in [5, 5.41) is 12.4. The van der Waals surface area contributed by atoms with E-state index in [0.29, 0.717) is 25.3 Å². The summed E-state index contributed by atoms with van der Waals surface area (Å²) >= 11 is 0. The van der Waals surface area contributed by atoms with E-state index in [4.69, 9.17) is 4.74 Å². The third kappa shape index (κ3) is 3.91. The minimum Gasteiger partial charge on any atom is -0.391 e. The number of hydrogen-bond donors (Lipinski definition) is 2. The monoisotopic (exact) mass is 279 g/mol. The molecule has 6 heteroatoms. The lowest BCUT2D eigenvalue weighted by Crippen LogP contribution is -2.38. The highest BCUT2D eigenvalue weighted by Gasteiger charge is 2.18. The van der Waals surface area contributed by atoms with Crippen LogP contribution in [0.3, 0.4) is 0 Å². The molecule has 1 fully saturated rings. The quantitative estimate of drug-likeness (QED) is 0.764. The van der Waals surface area contributed by atoms with Gasteiger partial charge in [0.2, 0.25) is 0 Å². The molecule has 2 N–H and O–H groups in total. The molecule has 1 aromatic heterocycles. The number of aliphatic hydroxyl groups excluding tert-OH is 1. The first-order chi connectivity index (χ1) is 9.70. The van der Waals surface area contributed by atoms with Gasteiger partial charge in [0.25, 0.3) is 5.91 Å². The Labute approximate surface area is 118 Å². The number of methoxy groups -OCH3 is 1. The van der Waals surface area contributed by atoms with Gasteiger partial charge >= 0.3 is 0 Å². The number of carbonyl (C=O) groups excluding carboxylic acids is 1. The number of piperidine rings is 1. The molecule has 1 amide bonds. The van der Waals surface area contributed by atoms with Crippen molar-refractivity contribution in [3.05, 3.63) is 23.9 Å². The summed E-state index contributed by atoms with van der Waals surface area (Å²) in [5.74, 6) is 0.650. The molecule has 1 aromatic rings. The molecule has 0 radical (unpaired) electrons. The van der Waals surface area contributed by atoms with Crippen molar-refractivity contribution in [3.8, 4) is 0 Å². The van der Waals surface area contributed by atoms with Crippen molar-refractivity contribution in [1.82, 2.24) is 10.3 Å². The van der Waals surface area contributed by atoms with Crippen LogP contribution in [0.15, 0.2) is 18.3 Å². The van der Waals surface area contributed by atoms with Crippen LogP contribution < -0.4 is 10.2 Å². The summed E-state index contributed by atoms with van der Waals surface area (Å²) in [7, 11) is 1.59. The van der Waals surface area contributed by atoms with Crippen LogP contribution in [0.2, 0.25) is 0 Å². The minimum absolute atomic E-state index is 0.153. The number of carbonyl (C=O) groups is 1. The van der Waals surface area contributed by atoms with Crippen LogP contribution in [0.25, 0.3) is 0 Å². The molecule has 2 heterocycles. The van der Waals surface area contributed by atoms with Crippen molar-refractivity contribution in [2.75, 3.05) is 38.3 Å². The molecule has 0 aromatic carbocycles. The predicted octanol–water partition coefficient (Wildman–Crippen LogP) is 0.419. The van der Waals surface area contributed by atoms with E-state index < -0.39 is 0 Å². The maximum atomic E-state index is 11.8. The molecule has 0 aliphatic carbocycles. The van der Waals surface area contributed by atoms with Gasteiger partial charge in [0, 0.05) is 32.9 Å². The number of β-amino-alcohol motifs (C(OH)–C–C–N with tert-alkyl or cyclic N) is 1. The summed E-state index contributed by atoms with van der Waals surface area (Å²) in [6.45, 7) is 2.47. The average molecular weight is 279 g/mol. The SMILES string of the molecule is COCCNC(=O)c1ccc(N2CCC[C@@H](O)C2)nc1. The molecular weight excluding hydrogens is 258 g/mol. The van der Waals surface area contributed by atoms with Gasteiger partial charge in [-0.2, -0.15) is 0 Å². The first-order valence-corrected chi connectivity index (χ1v) is 6.87. The third-order valence-electron chi connectivity index (χ3n) is 3.32. The molecule has 20 heavy (non-hydrogen) atoms. The van der Waals surface area contributed by atoms with E-state index in [1.54, 1.807) is 19.4 Å².